The van der Waals surface area contributed by atoms with Gasteiger partial charge < -0.3 is 14.5 Å². The van der Waals surface area contributed by atoms with Gasteiger partial charge in [-0.25, -0.2) is 4.79 Å². The van der Waals surface area contributed by atoms with E-state index in [1.165, 1.54) is 18.2 Å². The second kappa shape index (κ2) is 13.2. The Morgan fingerprint density at radius 2 is 1.71 bits per heavy atom. The average molecular weight is 689 g/mol. The molecule has 8 nitrogen and oxygen atoms in total. The third kappa shape index (κ3) is 6.53. The molecule has 1 spiro atoms. The zero-order valence-electron chi connectivity index (χ0n) is 28.9. The third-order valence-corrected chi connectivity index (χ3v) is 12.6. The van der Waals surface area contributed by atoms with Crippen molar-refractivity contribution in [2.75, 3.05) is 25.6 Å². The SMILES string of the molecule is CCC(COS(=O)(=O)c1ccc(C)cc1)(CC1CC(C(=O)OC)=C2Nc3ccccc3C23CCN(Cc2ccccc2)C13)O[Si](C)(C)C. The van der Waals surface area contributed by atoms with Crippen LogP contribution in [0.5, 0.6) is 0 Å². The number of nitrogens with one attached hydrogen (secondary N) is 1. The maximum atomic E-state index is 13.6. The molecule has 0 bridgehead atoms. The number of methoxy groups -OCH3 is 1. The number of hydrogen-bond donors (Lipinski definition) is 1. The first-order valence-electron chi connectivity index (χ1n) is 16.9. The summed E-state index contributed by atoms with van der Waals surface area (Å²) in [7, 11) is -4.83. The number of likely N-dealkylation sites (tertiary alicyclic amines) is 1. The molecule has 2 aliphatic heterocycles. The van der Waals surface area contributed by atoms with Gasteiger partial charge in [0.05, 0.1) is 35.2 Å². The van der Waals surface area contributed by atoms with Gasteiger partial charge in [-0.1, -0.05) is 73.2 Å². The molecule has 0 radical (unpaired) electrons. The van der Waals surface area contributed by atoms with Gasteiger partial charge in [0.1, 0.15) is 0 Å². The summed E-state index contributed by atoms with van der Waals surface area (Å²) in [4.78, 5) is 16.3. The molecule has 6 rings (SSSR count). The number of carbonyl (C=O) groups excluding carboxylic acids is 1. The van der Waals surface area contributed by atoms with Crippen LogP contribution in [0.3, 0.4) is 0 Å². The molecule has 2 heterocycles. The molecule has 1 fully saturated rings. The van der Waals surface area contributed by atoms with Crippen molar-refractivity contribution in [3.63, 3.8) is 0 Å². The maximum Gasteiger partial charge on any atom is 0.335 e. The maximum absolute atomic E-state index is 13.6. The minimum Gasteiger partial charge on any atom is -0.466 e. The minimum atomic E-state index is -4.04. The van der Waals surface area contributed by atoms with Gasteiger partial charge in [-0.3, -0.25) is 9.08 Å². The zero-order chi connectivity index (χ0) is 34.3. The number of nitrogens with zero attached hydrogens (tertiary/aromatic N) is 1. The summed E-state index contributed by atoms with van der Waals surface area (Å²) in [5.74, 6) is -0.398. The number of aryl methyl sites for hydroxylation is 1. The number of rotatable bonds is 12. The highest BCUT2D eigenvalue weighted by molar-refractivity contribution is 7.86. The molecule has 3 aromatic rings. The first-order valence-corrected chi connectivity index (χ1v) is 21.8. The highest BCUT2D eigenvalue weighted by Crippen LogP contribution is 2.60. The van der Waals surface area contributed by atoms with E-state index in [0.717, 1.165) is 36.5 Å². The lowest BCUT2D eigenvalue weighted by molar-refractivity contribution is -0.137. The number of anilines is 1. The van der Waals surface area contributed by atoms with E-state index in [0.29, 0.717) is 24.8 Å². The summed E-state index contributed by atoms with van der Waals surface area (Å²) in [6, 6.07) is 25.6. The van der Waals surface area contributed by atoms with Crippen LogP contribution in [0.4, 0.5) is 5.69 Å². The predicted molar refractivity (Wildman–Crippen MR) is 191 cm³/mol. The Morgan fingerprint density at radius 1 is 1.02 bits per heavy atom. The van der Waals surface area contributed by atoms with Crippen molar-refractivity contribution in [3.05, 3.63) is 107 Å². The number of carbonyl (C=O) groups is 1. The summed E-state index contributed by atoms with van der Waals surface area (Å²) in [6.45, 7) is 11.8. The summed E-state index contributed by atoms with van der Waals surface area (Å²) in [5.41, 5.74) is 4.65. The first kappa shape index (κ1) is 34.6. The van der Waals surface area contributed by atoms with Crippen molar-refractivity contribution in [1.29, 1.82) is 0 Å². The summed E-state index contributed by atoms with van der Waals surface area (Å²) in [6.07, 6.45) is 2.38. The van der Waals surface area contributed by atoms with Gasteiger partial charge in [-0.2, -0.15) is 8.42 Å². The first-order chi connectivity index (χ1) is 22.8. The van der Waals surface area contributed by atoms with Gasteiger partial charge in [0, 0.05) is 30.5 Å². The van der Waals surface area contributed by atoms with Crippen LogP contribution in [0.15, 0.2) is 95.0 Å². The molecule has 0 amide bonds. The third-order valence-electron chi connectivity index (χ3n) is 10.3. The molecule has 1 saturated heterocycles. The van der Waals surface area contributed by atoms with Crippen molar-refractivity contribution in [1.82, 2.24) is 4.90 Å². The number of esters is 1. The number of para-hydroxylation sites is 1. The predicted octanol–water partition coefficient (Wildman–Crippen LogP) is 7.18. The number of ether oxygens (including phenoxy) is 1. The van der Waals surface area contributed by atoms with E-state index in [9.17, 15) is 13.2 Å². The molecule has 4 unspecified atom stereocenters. The smallest absolute Gasteiger partial charge is 0.335 e. The van der Waals surface area contributed by atoms with Crippen LogP contribution in [0.1, 0.15) is 49.3 Å². The van der Waals surface area contributed by atoms with Gasteiger partial charge in [-0.05, 0) is 87.5 Å². The highest BCUT2D eigenvalue weighted by Gasteiger charge is 2.62. The fourth-order valence-corrected chi connectivity index (χ4v) is 11.0. The van der Waals surface area contributed by atoms with Gasteiger partial charge in [0.15, 0.2) is 8.32 Å². The monoisotopic (exact) mass is 688 g/mol. The molecular formula is C38H48N2O6SSi. The fraction of sp³-hybridized carbons (Fsp3) is 0.447. The van der Waals surface area contributed by atoms with E-state index in [2.05, 4.69) is 72.3 Å². The topological polar surface area (TPSA) is 94.2 Å². The molecule has 1 N–H and O–H groups in total. The van der Waals surface area contributed by atoms with E-state index in [4.69, 9.17) is 13.3 Å². The van der Waals surface area contributed by atoms with Crippen LogP contribution in [-0.4, -0.2) is 59.5 Å². The number of fused-ring (bicyclic) bond motifs is 1. The van der Waals surface area contributed by atoms with Gasteiger partial charge >= 0.3 is 5.97 Å². The van der Waals surface area contributed by atoms with Crippen LogP contribution in [-0.2, 0) is 40.2 Å². The average Bonchev–Trinajstić information content (AvgIpc) is 3.61. The van der Waals surface area contributed by atoms with Gasteiger partial charge in [-0.15, -0.1) is 0 Å². The van der Waals surface area contributed by atoms with Gasteiger partial charge in [0.2, 0.25) is 0 Å². The summed E-state index contributed by atoms with van der Waals surface area (Å²) < 4.78 is 45.4. The molecule has 0 aromatic heterocycles. The summed E-state index contributed by atoms with van der Waals surface area (Å²) >= 11 is 0. The normalized spacial score (nSPS) is 23.5. The molecule has 4 atom stereocenters. The summed E-state index contributed by atoms with van der Waals surface area (Å²) in [5, 5.41) is 3.67. The minimum absolute atomic E-state index is 0.0159. The molecule has 256 valence electrons. The molecule has 3 aliphatic rings. The molecule has 3 aromatic carbocycles. The lowest BCUT2D eigenvalue weighted by Crippen LogP contribution is -2.55. The Balaban J connectivity index is 1.44. The molecular weight excluding hydrogens is 641 g/mol. The van der Waals surface area contributed by atoms with Crippen LogP contribution in [0.25, 0.3) is 0 Å². The Hall–Kier alpha value is -3.28. The number of benzene rings is 3. The van der Waals surface area contributed by atoms with Crippen molar-refractivity contribution < 1.29 is 26.6 Å². The molecule has 0 saturated carbocycles. The Labute approximate surface area is 286 Å². The Bertz CT molecular complexity index is 1790. The van der Waals surface area contributed by atoms with Crippen LogP contribution in [0, 0.1) is 12.8 Å². The molecule has 10 heteroatoms. The Kier molecular flexibility index (Phi) is 9.51. The van der Waals surface area contributed by atoms with Crippen molar-refractivity contribution in [2.45, 2.75) is 87.7 Å². The Morgan fingerprint density at radius 3 is 2.38 bits per heavy atom. The van der Waals surface area contributed by atoms with E-state index in [1.807, 2.05) is 26.0 Å². The van der Waals surface area contributed by atoms with E-state index in [1.54, 1.807) is 24.3 Å². The van der Waals surface area contributed by atoms with Crippen LogP contribution in [0.2, 0.25) is 19.6 Å². The van der Waals surface area contributed by atoms with E-state index < -0.39 is 29.5 Å². The van der Waals surface area contributed by atoms with Crippen LogP contribution >= 0.6 is 0 Å². The quantitative estimate of drug-likeness (QED) is 0.122. The van der Waals surface area contributed by atoms with E-state index in [-0.39, 0.29) is 29.4 Å². The van der Waals surface area contributed by atoms with Crippen molar-refractivity contribution >= 4 is 30.1 Å². The van der Waals surface area contributed by atoms with Crippen LogP contribution < -0.4 is 5.32 Å². The largest absolute Gasteiger partial charge is 0.466 e. The van der Waals surface area contributed by atoms with Crippen molar-refractivity contribution in [2.24, 2.45) is 5.92 Å². The standard InChI is InChI=1S/C38H48N2O6SSi/c1-7-37(46-48(4,5)6,26-45-47(42,43)30-19-17-27(2)18-20-30)24-29-23-31(36(41)44-3)34-38(32-15-11-12-16-33(32)39-34)21-22-40(35(29)38)25-28-13-9-8-10-14-28/h8-20,29,35,39H,7,21-26H2,1-6H3. The molecule has 1 aliphatic carbocycles. The van der Waals surface area contributed by atoms with E-state index >= 15 is 0 Å². The second-order valence-corrected chi connectivity index (χ2v) is 20.6. The van der Waals surface area contributed by atoms with Gasteiger partial charge in [0.25, 0.3) is 10.1 Å². The fourth-order valence-electron chi connectivity index (χ4n) is 8.39. The molecule has 48 heavy (non-hydrogen) atoms. The number of hydrogen-bond acceptors (Lipinski definition) is 8. The lowest BCUT2D eigenvalue weighted by Gasteiger charge is -2.49. The zero-order valence-corrected chi connectivity index (χ0v) is 30.7. The van der Waals surface area contributed by atoms with Crippen molar-refractivity contribution in [3.8, 4) is 0 Å². The lowest BCUT2D eigenvalue weighted by atomic mass is 9.61. The highest BCUT2D eigenvalue weighted by atomic mass is 32.2. The second-order valence-electron chi connectivity index (χ2n) is 14.6.